The fraction of sp³-hybridized carbons (Fsp3) is 0.923. The summed E-state index contributed by atoms with van der Waals surface area (Å²) in [6.45, 7) is 5.02. The Balaban J connectivity index is 2.04. The molecular weight excluding hydrogens is 200 g/mol. The van der Waals surface area contributed by atoms with Gasteiger partial charge in [0.15, 0.2) is 0 Å². The van der Waals surface area contributed by atoms with E-state index >= 15 is 0 Å². The van der Waals surface area contributed by atoms with Crippen molar-refractivity contribution in [3.63, 3.8) is 0 Å². The predicted molar refractivity (Wildman–Crippen MR) is 67.0 cm³/mol. The van der Waals surface area contributed by atoms with E-state index in [9.17, 15) is 4.79 Å². The Morgan fingerprint density at radius 3 is 2.56 bits per heavy atom. The third-order valence-corrected chi connectivity index (χ3v) is 3.52. The van der Waals surface area contributed by atoms with Crippen LogP contribution in [0.2, 0.25) is 0 Å². The Bertz CT molecular complexity index is 208. The van der Waals surface area contributed by atoms with Crippen LogP contribution < -0.4 is 11.1 Å². The largest absolute Gasteiger partial charge is 0.356 e. The molecule has 1 unspecified atom stereocenters. The van der Waals surface area contributed by atoms with Gasteiger partial charge in [0.25, 0.3) is 0 Å². The summed E-state index contributed by atoms with van der Waals surface area (Å²) in [5, 5.41) is 2.95. The molecule has 1 atom stereocenters. The quantitative estimate of drug-likeness (QED) is 0.754. The highest BCUT2D eigenvalue weighted by Gasteiger charge is 2.17. The topological polar surface area (TPSA) is 55.1 Å². The van der Waals surface area contributed by atoms with Crippen molar-refractivity contribution < 1.29 is 4.79 Å². The third-order valence-electron chi connectivity index (χ3n) is 3.52. The molecule has 0 aliphatic heterocycles. The van der Waals surface area contributed by atoms with Gasteiger partial charge < -0.3 is 11.1 Å². The summed E-state index contributed by atoms with van der Waals surface area (Å²) < 4.78 is 0. The number of nitrogens with one attached hydrogen (secondary N) is 1. The molecule has 1 aliphatic carbocycles. The van der Waals surface area contributed by atoms with Crippen molar-refractivity contribution in [2.75, 3.05) is 6.54 Å². The summed E-state index contributed by atoms with van der Waals surface area (Å²) in [6, 6.07) is -0.0319. The van der Waals surface area contributed by atoms with E-state index in [1.54, 1.807) is 0 Å². The minimum Gasteiger partial charge on any atom is -0.356 e. The first-order valence-corrected chi connectivity index (χ1v) is 6.60. The smallest absolute Gasteiger partial charge is 0.221 e. The van der Waals surface area contributed by atoms with Gasteiger partial charge in [0.2, 0.25) is 5.91 Å². The number of amides is 1. The van der Waals surface area contributed by atoms with Gasteiger partial charge in [0.05, 0.1) is 0 Å². The van der Waals surface area contributed by atoms with Crippen LogP contribution >= 0.6 is 0 Å². The number of carbonyl (C=O) groups is 1. The van der Waals surface area contributed by atoms with E-state index in [4.69, 9.17) is 5.73 Å². The van der Waals surface area contributed by atoms with Crippen LogP contribution in [0.15, 0.2) is 0 Å². The summed E-state index contributed by atoms with van der Waals surface area (Å²) in [5.41, 5.74) is 5.56. The molecule has 0 aromatic heterocycles. The average Bonchev–Trinajstić information content (AvgIpc) is 2.20. The molecule has 1 fully saturated rings. The second kappa shape index (κ2) is 6.89. The van der Waals surface area contributed by atoms with Crippen molar-refractivity contribution in [2.24, 2.45) is 17.6 Å². The monoisotopic (exact) mass is 226 g/mol. The molecule has 0 spiro atoms. The third kappa shape index (κ3) is 5.50. The summed E-state index contributed by atoms with van der Waals surface area (Å²) in [4.78, 5) is 11.4. The number of hydrogen-bond donors (Lipinski definition) is 2. The van der Waals surface area contributed by atoms with E-state index in [1.807, 2.05) is 6.92 Å². The molecule has 1 saturated carbocycles. The lowest BCUT2D eigenvalue weighted by molar-refractivity contribution is -0.121. The molecular formula is C13H26N2O. The van der Waals surface area contributed by atoms with Gasteiger partial charge >= 0.3 is 0 Å². The lowest BCUT2D eigenvalue weighted by atomic mass is 9.81. The molecule has 0 heterocycles. The normalized spacial score (nSPS) is 27.4. The predicted octanol–water partition coefficient (Wildman–Crippen LogP) is 2.06. The van der Waals surface area contributed by atoms with Crippen LogP contribution in [0.5, 0.6) is 0 Å². The molecule has 0 bridgehead atoms. The molecule has 1 amide bonds. The molecule has 0 aromatic carbocycles. The number of nitrogens with two attached hydrogens (primary N) is 1. The Labute approximate surface area is 99.2 Å². The van der Waals surface area contributed by atoms with Gasteiger partial charge in [-0.3, -0.25) is 4.79 Å². The Hall–Kier alpha value is -0.570. The van der Waals surface area contributed by atoms with Crippen LogP contribution in [-0.2, 0) is 4.79 Å². The number of carbonyl (C=O) groups excluding carboxylic acids is 1. The molecule has 94 valence electrons. The average molecular weight is 226 g/mol. The summed E-state index contributed by atoms with van der Waals surface area (Å²) >= 11 is 0. The molecule has 3 heteroatoms. The Kier molecular flexibility index (Phi) is 5.81. The van der Waals surface area contributed by atoms with Gasteiger partial charge in [0.1, 0.15) is 0 Å². The van der Waals surface area contributed by atoms with Crippen LogP contribution in [0.25, 0.3) is 0 Å². The van der Waals surface area contributed by atoms with Gasteiger partial charge in [-0.05, 0) is 25.2 Å². The Morgan fingerprint density at radius 1 is 1.38 bits per heavy atom. The Morgan fingerprint density at radius 2 is 2.00 bits per heavy atom. The standard InChI is InChI=1S/C13H26N2O/c1-10-3-5-12(6-4-10)7-8-15-13(16)9-11(2)14/h10-12H,3-9,14H2,1-2H3,(H,15,16). The van der Waals surface area contributed by atoms with Crippen LogP contribution in [0.4, 0.5) is 0 Å². The van der Waals surface area contributed by atoms with Crippen molar-refractivity contribution >= 4 is 5.91 Å². The van der Waals surface area contributed by atoms with Gasteiger partial charge in [-0.15, -0.1) is 0 Å². The van der Waals surface area contributed by atoms with Gasteiger partial charge in [-0.2, -0.15) is 0 Å². The zero-order valence-electron chi connectivity index (χ0n) is 10.7. The highest BCUT2D eigenvalue weighted by molar-refractivity contribution is 5.76. The maximum atomic E-state index is 11.4. The summed E-state index contributed by atoms with van der Waals surface area (Å²) in [6.07, 6.45) is 6.98. The highest BCUT2D eigenvalue weighted by Crippen LogP contribution is 2.29. The van der Waals surface area contributed by atoms with Crippen molar-refractivity contribution in [1.29, 1.82) is 0 Å². The maximum Gasteiger partial charge on any atom is 0.221 e. The van der Waals surface area contributed by atoms with E-state index in [2.05, 4.69) is 12.2 Å². The van der Waals surface area contributed by atoms with Crippen molar-refractivity contribution in [2.45, 2.75) is 58.4 Å². The SMILES string of the molecule is CC(N)CC(=O)NCCC1CCC(C)CC1. The lowest BCUT2D eigenvalue weighted by Gasteiger charge is -2.26. The van der Waals surface area contributed by atoms with E-state index in [1.165, 1.54) is 25.7 Å². The van der Waals surface area contributed by atoms with E-state index < -0.39 is 0 Å². The van der Waals surface area contributed by atoms with E-state index in [-0.39, 0.29) is 11.9 Å². The molecule has 0 saturated heterocycles. The number of rotatable bonds is 5. The molecule has 1 rings (SSSR count). The fourth-order valence-electron chi connectivity index (χ4n) is 2.40. The van der Waals surface area contributed by atoms with E-state index in [0.717, 1.165) is 24.8 Å². The molecule has 3 nitrogen and oxygen atoms in total. The van der Waals surface area contributed by atoms with Crippen LogP contribution in [-0.4, -0.2) is 18.5 Å². The minimum absolute atomic E-state index is 0.0319. The second-order valence-electron chi connectivity index (χ2n) is 5.45. The van der Waals surface area contributed by atoms with Crippen LogP contribution in [0, 0.1) is 11.8 Å². The first-order chi connectivity index (χ1) is 7.58. The minimum atomic E-state index is -0.0319. The summed E-state index contributed by atoms with van der Waals surface area (Å²) in [7, 11) is 0. The first-order valence-electron chi connectivity index (χ1n) is 6.60. The lowest BCUT2D eigenvalue weighted by Crippen LogP contribution is -2.31. The summed E-state index contributed by atoms with van der Waals surface area (Å²) in [5.74, 6) is 1.83. The zero-order valence-corrected chi connectivity index (χ0v) is 10.7. The van der Waals surface area contributed by atoms with E-state index in [0.29, 0.717) is 6.42 Å². The van der Waals surface area contributed by atoms with Crippen molar-refractivity contribution in [3.8, 4) is 0 Å². The fourth-order valence-corrected chi connectivity index (χ4v) is 2.40. The zero-order chi connectivity index (χ0) is 12.0. The van der Waals surface area contributed by atoms with Crippen LogP contribution in [0.3, 0.4) is 0 Å². The molecule has 0 aromatic rings. The molecule has 3 N–H and O–H groups in total. The van der Waals surface area contributed by atoms with Crippen molar-refractivity contribution in [1.82, 2.24) is 5.32 Å². The molecule has 16 heavy (non-hydrogen) atoms. The van der Waals surface area contributed by atoms with Gasteiger partial charge in [-0.1, -0.05) is 32.6 Å². The molecule has 0 radical (unpaired) electrons. The number of hydrogen-bond acceptors (Lipinski definition) is 2. The first kappa shape index (κ1) is 13.5. The van der Waals surface area contributed by atoms with Gasteiger partial charge in [-0.25, -0.2) is 0 Å². The van der Waals surface area contributed by atoms with Crippen LogP contribution in [0.1, 0.15) is 52.4 Å². The maximum absolute atomic E-state index is 11.4. The highest BCUT2D eigenvalue weighted by atomic mass is 16.1. The second-order valence-corrected chi connectivity index (χ2v) is 5.45. The van der Waals surface area contributed by atoms with Gasteiger partial charge in [0, 0.05) is 19.0 Å². The molecule has 1 aliphatic rings. The van der Waals surface area contributed by atoms with Crippen molar-refractivity contribution in [3.05, 3.63) is 0 Å².